The number of amides is 1. The fourth-order valence-corrected chi connectivity index (χ4v) is 4.42. The third kappa shape index (κ3) is 5.22. The Morgan fingerprint density at radius 1 is 1.46 bits per heavy atom. The summed E-state index contributed by atoms with van der Waals surface area (Å²) in [5, 5.41) is 24.8. The first kappa shape index (κ1) is 24.5. The molecule has 0 bridgehead atoms. The Morgan fingerprint density at radius 2 is 2.26 bits per heavy atom. The molecule has 1 amide bonds. The summed E-state index contributed by atoms with van der Waals surface area (Å²) in [5.74, 6) is 0.871. The minimum atomic E-state index is -0.233. The number of piperidine rings is 1. The lowest BCUT2D eigenvalue weighted by atomic mass is 10.0. The summed E-state index contributed by atoms with van der Waals surface area (Å²) in [6.45, 7) is 7.74. The number of hydrogen-bond acceptors (Lipinski definition) is 8. The Balaban J connectivity index is 1.62. The van der Waals surface area contributed by atoms with Crippen molar-refractivity contribution >= 4 is 46.0 Å². The highest BCUT2D eigenvalue weighted by atomic mass is 35.5. The highest BCUT2D eigenvalue weighted by Gasteiger charge is 2.30. The number of halogens is 1. The topological polar surface area (TPSA) is 132 Å². The summed E-state index contributed by atoms with van der Waals surface area (Å²) in [6.07, 6.45) is 6.98. The van der Waals surface area contributed by atoms with Crippen molar-refractivity contribution in [2.24, 2.45) is 5.92 Å². The van der Waals surface area contributed by atoms with E-state index in [0.717, 1.165) is 25.1 Å². The van der Waals surface area contributed by atoms with Gasteiger partial charge in [0.15, 0.2) is 10.8 Å². The molecule has 1 atom stereocenters. The number of nitrogens with zero attached hydrogens (tertiary/aromatic N) is 8. The molecular formula is C23H29ClN10O. The number of nitriles is 1. The lowest BCUT2D eigenvalue weighted by molar-refractivity contribution is -0.127. The summed E-state index contributed by atoms with van der Waals surface area (Å²) >= 11 is 6.39. The zero-order valence-corrected chi connectivity index (χ0v) is 21.0. The molecule has 35 heavy (non-hydrogen) atoms. The first-order chi connectivity index (χ1) is 16.8. The van der Waals surface area contributed by atoms with Crippen molar-refractivity contribution < 1.29 is 4.79 Å². The van der Waals surface area contributed by atoms with Crippen LogP contribution in [0.3, 0.4) is 0 Å². The molecule has 184 valence electrons. The Hall–Kier alpha value is -3.65. The average molecular weight is 497 g/mol. The second kappa shape index (κ2) is 10.3. The molecule has 0 aromatic carbocycles. The number of aromatic nitrogens is 6. The van der Waals surface area contributed by atoms with Crippen LogP contribution in [0.15, 0.2) is 24.0 Å². The smallest absolute Gasteiger partial charge is 0.264 e. The van der Waals surface area contributed by atoms with Gasteiger partial charge in [-0.2, -0.15) is 25.4 Å². The van der Waals surface area contributed by atoms with Crippen LogP contribution in [0.1, 0.15) is 33.6 Å². The van der Waals surface area contributed by atoms with Gasteiger partial charge in [0.2, 0.25) is 5.95 Å². The number of allylic oxidation sites excluding steroid dienone is 1. The maximum atomic E-state index is 13.0. The van der Waals surface area contributed by atoms with E-state index in [2.05, 4.69) is 31.7 Å². The standard InChI is InChI=1S/C23H29ClN10O/c1-5-34-12-16(11-26-34)27-23-28-20-18(19(24)30-31-20)21(29-23)32(4)17-7-6-8-33(13-17)22(35)15(10-25)9-14(2)3/h9,11-12,14,17H,5-8,13H2,1-4H3,(H2,27,28,29,30,31)/b15-9+. The van der Waals surface area contributed by atoms with E-state index in [1.54, 1.807) is 21.9 Å². The lowest BCUT2D eigenvalue weighted by Gasteiger charge is -2.38. The van der Waals surface area contributed by atoms with Crippen LogP contribution in [0.25, 0.3) is 11.0 Å². The summed E-state index contributed by atoms with van der Waals surface area (Å²) < 4.78 is 1.80. The van der Waals surface area contributed by atoms with Crippen molar-refractivity contribution in [1.82, 2.24) is 34.8 Å². The molecular weight excluding hydrogens is 468 g/mol. The van der Waals surface area contributed by atoms with E-state index in [1.807, 2.05) is 38.9 Å². The number of likely N-dealkylation sites (tertiary alicyclic amines) is 1. The summed E-state index contributed by atoms with van der Waals surface area (Å²) in [6, 6.07) is 2.04. The number of aryl methyl sites for hydroxylation is 1. The second-order valence-corrected chi connectivity index (χ2v) is 9.27. The molecule has 12 heteroatoms. The third-order valence-corrected chi connectivity index (χ3v) is 6.26. The lowest BCUT2D eigenvalue weighted by Crippen LogP contribution is -2.49. The van der Waals surface area contributed by atoms with E-state index in [0.29, 0.717) is 35.9 Å². The molecule has 1 aliphatic rings. The van der Waals surface area contributed by atoms with Gasteiger partial charge in [0.1, 0.15) is 22.8 Å². The van der Waals surface area contributed by atoms with Crippen molar-refractivity contribution in [3.63, 3.8) is 0 Å². The van der Waals surface area contributed by atoms with Gasteiger partial charge in [0.05, 0.1) is 11.9 Å². The molecule has 1 unspecified atom stereocenters. The molecule has 1 saturated heterocycles. The quantitative estimate of drug-likeness (QED) is 0.375. The van der Waals surface area contributed by atoms with Crippen LogP contribution in [-0.4, -0.2) is 66.9 Å². The van der Waals surface area contributed by atoms with Crippen LogP contribution in [0.4, 0.5) is 17.5 Å². The molecule has 0 spiro atoms. The molecule has 11 nitrogen and oxygen atoms in total. The van der Waals surface area contributed by atoms with E-state index in [9.17, 15) is 10.1 Å². The minimum Gasteiger partial charge on any atom is -0.354 e. The van der Waals surface area contributed by atoms with Crippen molar-refractivity contribution in [1.29, 1.82) is 5.26 Å². The fraction of sp³-hybridized carbons (Fsp3) is 0.478. The SMILES string of the molecule is CCn1cc(Nc2nc(N(C)C3CCCN(C(=O)/C(C#N)=C/C(C)C)C3)c3c(Cl)n[nH]c3n2)cn1. The highest BCUT2D eigenvalue weighted by Crippen LogP contribution is 2.32. The van der Waals surface area contributed by atoms with Crippen molar-refractivity contribution in [3.05, 3.63) is 29.2 Å². The van der Waals surface area contributed by atoms with Crippen LogP contribution in [-0.2, 0) is 11.3 Å². The van der Waals surface area contributed by atoms with Crippen LogP contribution in [0.5, 0.6) is 0 Å². The number of carbonyl (C=O) groups excluding carboxylic acids is 1. The van der Waals surface area contributed by atoms with E-state index < -0.39 is 0 Å². The summed E-state index contributed by atoms with van der Waals surface area (Å²) in [4.78, 5) is 26.1. The number of hydrogen-bond donors (Lipinski definition) is 2. The third-order valence-electron chi connectivity index (χ3n) is 5.99. The number of aromatic amines is 1. The van der Waals surface area contributed by atoms with E-state index in [1.165, 1.54) is 0 Å². The van der Waals surface area contributed by atoms with Crippen molar-refractivity contribution in [2.75, 3.05) is 30.4 Å². The average Bonchev–Trinajstić information content (AvgIpc) is 3.47. The number of H-pyrrole nitrogens is 1. The Bertz CT molecular complexity index is 1290. The first-order valence-corrected chi connectivity index (χ1v) is 12.0. The van der Waals surface area contributed by atoms with Gasteiger partial charge in [-0.1, -0.05) is 31.5 Å². The molecule has 4 heterocycles. The Kier molecular flexibility index (Phi) is 7.21. The highest BCUT2D eigenvalue weighted by molar-refractivity contribution is 6.35. The molecule has 3 aromatic rings. The van der Waals surface area contributed by atoms with Gasteiger partial charge in [0, 0.05) is 38.9 Å². The normalized spacial score (nSPS) is 16.5. The number of likely N-dealkylation sites (N-methyl/N-ethyl adjacent to an activating group) is 1. The van der Waals surface area contributed by atoms with Crippen LogP contribution >= 0.6 is 11.6 Å². The number of fused-ring (bicyclic) bond motifs is 1. The molecule has 1 aliphatic heterocycles. The zero-order chi connectivity index (χ0) is 25.1. The van der Waals surface area contributed by atoms with Gasteiger partial charge in [-0.05, 0) is 25.7 Å². The Morgan fingerprint density at radius 3 is 2.94 bits per heavy atom. The van der Waals surface area contributed by atoms with Gasteiger partial charge in [-0.25, -0.2) is 0 Å². The number of carbonyl (C=O) groups is 1. The summed E-state index contributed by atoms with van der Waals surface area (Å²) in [5.41, 5.74) is 1.46. The van der Waals surface area contributed by atoms with Gasteiger partial charge in [-0.3, -0.25) is 14.6 Å². The predicted molar refractivity (Wildman–Crippen MR) is 134 cm³/mol. The first-order valence-electron chi connectivity index (χ1n) is 11.7. The van der Waals surface area contributed by atoms with Gasteiger partial charge < -0.3 is 15.1 Å². The molecule has 2 N–H and O–H groups in total. The number of nitrogens with one attached hydrogen (secondary N) is 2. The monoisotopic (exact) mass is 496 g/mol. The molecule has 4 rings (SSSR count). The second-order valence-electron chi connectivity index (χ2n) is 8.91. The largest absolute Gasteiger partial charge is 0.354 e. The number of rotatable bonds is 7. The molecule has 0 radical (unpaired) electrons. The fourth-order valence-electron chi connectivity index (χ4n) is 4.21. The van der Waals surface area contributed by atoms with Crippen LogP contribution in [0, 0.1) is 17.2 Å². The van der Waals surface area contributed by atoms with Crippen molar-refractivity contribution in [3.8, 4) is 6.07 Å². The summed E-state index contributed by atoms with van der Waals surface area (Å²) in [7, 11) is 1.93. The van der Waals surface area contributed by atoms with Gasteiger partial charge in [-0.15, -0.1) is 0 Å². The minimum absolute atomic E-state index is 0.0218. The van der Waals surface area contributed by atoms with E-state index in [-0.39, 0.29) is 28.6 Å². The number of anilines is 3. The Labute approximate surface area is 208 Å². The van der Waals surface area contributed by atoms with E-state index in [4.69, 9.17) is 16.6 Å². The molecule has 0 aliphatic carbocycles. The molecule has 1 fully saturated rings. The van der Waals surface area contributed by atoms with Crippen molar-refractivity contribution in [2.45, 2.75) is 46.2 Å². The maximum Gasteiger partial charge on any atom is 0.264 e. The van der Waals surface area contributed by atoms with Gasteiger partial charge >= 0.3 is 0 Å². The zero-order valence-electron chi connectivity index (χ0n) is 20.3. The predicted octanol–water partition coefficient (Wildman–Crippen LogP) is 3.50. The van der Waals surface area contributed by atoms with Crippen LogP contribution < -0.4 is 10.2 Å². The maximum absolute atomic E-state index is 13.0. The van der Waals surface area contributed by atoms with Crippen LogP contribution in [0.2, 0.25) is 5.15 Å². The molecule has 0 saturated carbocycles. The van der Waals surface area contributed by atoms with Gasteiger partial charge in [0.25, 0.3) is 5.91 Å². The molecule has 3 aromatic heterocycles. The van der Waals surface area contributed by atoms with E-state index >= 15 is 0 Å².